The van der Waals surface area contributed by atoms with Gasteiger partial charge in [-0.2, -0.15) is 0 Å². The molecule has 1 atom stereocenters. The molecule has 1 heterocycles. The average Bonchev–Trinajstić information content (AvgIpc) is 2.80. The Labute approximate surface area is 144 Å². The Bertz CT molecular complexity index is 625. The molecule has 1 aromatic heterocycles. The van der Waals surface area contributed by atoms with Crippen molar-refractivity contribution < 1.29 is 0 Å². The van der Waals surface area contributed by atoms with Crippen molar-refractivity contribution >= 4 is 38.9 Å². The summed E-state index contributed by atoms with van der Waals surface area (Å²) in [4.78, 5) is 6.12. The van der Waals surface area contributed by atoms with Crippen molar-refractivity contribution in [2.75, 3.05) is 0 Å². The first-order valence-electron chi connectivity index (χ1n) is 7.09. The van der Waals surface area contributed by atoms with Gasteiger partial charge < -0.3 is 5.32 Å². The molecule has 0 spiro atoms. The number of rotatable bonds is 5. The van der Waals surface area contributed by atoms with Crippen molar-refractivity contribution in [2.24, 2.45) is 0 Å². The lowest BCUT2D eigenvalue weighted by Crippen LogP contribution is -2.29. The fraction of sp³-hybridized carbons (Fsp3) is 0.438. The molecule has 2 rings (SSSR count). The van der Waals surface area contributed by atoms with Crippen LogP contribution in [0.5, 0.6) is 0 Å². The molecule has 1 aromatic carbocycles. The first-order chi connectivity index (χ1) is 9.92. The molecule has 0 saturated carbocycles. The monoisotopic (exact) mass is 386 g/mol. The Morgan fingerprint density at radius 3 is 2.62 bits per heavy atom. The number of hydrogen-bond donors (Lipinski definition) is 1. The molecule has 0 radical (unpaired) electrons. The van der Waals surface area contributed by atoms with Crippen molar-refractivity contribution in [3.63, 3.8) is 0 Å². The van der Waals surface area contributed by atoms with Crippen molar-refractivity contribution in [3.05, 3.63) is 48.8 Å². The first-order valence-corrected chi connectivity index (χ1v) is 9.08. The SMILES string of the molecule is CCc1nc(C(NC(C)C)c2ccc(Cl)c(Br)c2)sc1C. The average molecular weight is 388 g/mol. The van der Waals surface area contributed by atoms with Crippen LogP contribution < -0.4 is 5.32 Å². The van der Waals surface area contributed by atoms with Crippen molar-refractivity contribution in [3.8, 4) is 0 Å². The number of aryl methyl sites for hydroxylation is 2. The molecule has 2 aromatic rings. The summed E-state index contributed by atoms with van der Waals surface area (Å²) in [7, 11) is 0. The number of halogens is 2. The Balaban J connectivity index is 2.43. The highest BCUT2D eigenvalue weighted by Crippen LogP contribution is 2.32. The van der Waals surface area contributed by atoms with Gasteiger partial charge in [-0.25, -0.2) is 4.98 Å². The minimum atomic E-state index is 0.0996. The lowest BCUT2D eigenvalue weighted by Gasteiger charge is -2.20. The van der Waals surface area contributed by atoms with Gasteiger partial charge in [-0.1, -0.05) is 24.6 Å². The summed E-state index contributed by atoms with van der Waals surface area (Å²) in [6.07, 6.45) is 0.973. The van der Waals surface area contributed by atoms with E-state index in [2.05, 4.69) is 61.1 Å². The molecule has 2 nitrogen and oxygen atoms in total. The molecule has 21 heavy (non-hydrogen) atoms. The lowest BCUT2D eigenvalue weighted by atomic mass is 10.1. The molecule has 0 fully saturated rings. The van der Waals surface area contributed by atoms with Crippen LogP contribution in [0.25, 0.3) is 0 Å². The quantitative estimate of drug-likeness (QED) is 0.731. The summed E-state index contributed by atoms with van der Waals surface area (Å²) in [6.45, 7) is 8.60. The van der Waals surface area contributed by atoms with Crippen LogP contribution in [0.2, 0.25) is 5.02 Å². The van der Waals surface area contributed by atoms with E-state index in [1.807, 2.05) is 6.07 Å². The summed E-state index contributed by atoms with van der Waals surface area (Å²) in [5, 5.41) is 5.45. The first kappa shape index (κ1) is 16.9. The highest BCUT2D eigenvalue weighted by atomic mass is 79.9. The molecule has 0 amide bonds. The normalized spacial score (nSPS) is 12.9. The van der Waals surface area contributed by atoms with E-state index < -0.39 is 0 Å². The maximum atomic E-state index is 6.11. The third kappa shape index (κ3) is 4.07. The molecule has 0 bridgehead atoms. The zero-order valence-corrected chi connectivity index (χ0v) is 15.9. The number of thiazole rings is 1. The minimum absolute atomic E-state index is 0.0996. The van der Waals surface area contributed by atoms with E-state index in [0.29, 0.717) is 6.04 Å². The zero-order valence-electron chi connectivity index (χ0n) is 12.7. The van der Waals surface area contributed by atoms with Gasteiger partial charge in [-0.3, -0.25) is 0 Å². The van der Waals surface area contributed by atoms with Crippen molar-refractivity contribution in [1.29, 1.82) is 0 Å². The fourth-order valence-electron chi connectivity index (χ4n) is 2.24. The summed E-state index contributed by atoms with van der Waals surface area (Å²) >= 11 is 11.4. The van der Waals surface area contributed by atoms with Crippen LogP contribution >= 0.6 is 38.9 Å². The van der Waals surface area contributed by atoms with Crippen LogP contribution in [0.4, 0.5) is 0 Å². The van der Waals surface area contributed by atoms with Crippen LogP contribution in [0.1, 0.15) is 48.0 Å². The molecule has 0 aliphatic rings. The number of hydrogen-bond acceptors (Lipinski definition) is 3. The van der Waals surface area contributed by atoms with E-state index in [1.54, 1.807) is 11.3 Å². The summed E-state index contributed by atoms with van der Waals surface area (Å²) < 4.78 is 0.918. The molecule has 0 aliphatic carbocycles. The van der Waals surface area contributed by atoms with Gasteiger partial charge in [0, 0.05) is 15.4 Å². The Morgan fingerprint density at radius 2 is 2.10 bits per heavy atom. The number of aromatic nitrogens is 1. The maximum Gasteiger partial charge on any atom is 0.115 e. The molecule has 5 heteroatoms. The van der Waals surface area contributed by atoms with E-state index in [0.717, 1.165) is 20.9 Å². The third-order valence-corrected chi connectivity index (χ3v) is 5.56. The van der Waals surface area contributed by atoms with Crippen LogP contribution in [-0.4, -0.2) is 11.0 Å². The van der Waals surface area contributed by atoms with E-state index in [9.17, 15) is 0 Å². The van der Waals surface area contributed by atoms with E-state index in [4.69, 9.17) is 16.6 Å². The largest absolute Gasteiger partial charge is 0.302 e. The van der Waals surface area contributed by atoms with Gasteiger partial charge in [-0.15, -0.1) is 11.3 Å². The predicted octanol–water partition coefficient (Wildman–Crippen LogP) is 5.52. The van der Waals surface area contributed by atoms with Crippen LogP contribution in [0.3, 0.4) is 0 Å². The maximum absolute atomic E-state index is 6.11. The predicted molar refractivity (Wildman–Crippen MR) is 95.5 cm³/mol. The van der Waals surface area contributed by atoms with Crippen molar-refractivity contribution in [1.82, 2.24) is 10.3 Å². The van der Waals surface area contributed by atoms with E-state index >= 15 is 0 Å². The smallest absolute Gasteiger partial charge is 0.115 e. The number of nitrogens with one attached hydrogen (secondary N) is 1. The van der Waals surface area contributed by atoms with Gasteiger partial charge in [0.25, 0.3) is 0 Å². The van der Waals surface area contributed by atoms with E-state index in [1.165, 1.54) is 16.1 Å². The molecule has 1 unspecified atom stereocenters. The summed E-state index contributed by atoms with van der Waals surface area (Å²) in [5.41, 5.74) is 2.37. The topological polar surface area (TPSA) is 24.9 Å². The van der Waals surface area contributed by atoms with Gasteiger partial charge in [0.1, 0.15) is 5.01 Å². The van der Waals surface area contributed by atoms with Gasteiger partial charge in [0.15, 0.2) is 0 Å². The Kier molecular flexibility index (Phi) is 5.83. The molecule has 1 N–H and O–H groups in total. The van der Waals surface area contributed by atoms with Gasteiger partial charge in [0.05, 0.1) is 16.8 Å². The third-order valence-electron chi connectivity index (χ3n) is 3.27. The van der Waals surface area contributed by atoms with Gasteiger partial charge >= 0.3 is 0 Å². The minimum Gasteiger partial charge on any atom is -0.302 e. The Hall–Kier alpha value is -0.420. The van der Waals surface area contributed by atoms with Crippen LogP contribution in [0, 0.1) is 6.92 Å². The number of nitrogens with zero attached hydrogens (tertiary/aromatic N) is 1. The molecular formula is C16H20BrClN2S. The molecule has 114 valence electrons. The lowest BCUT2D eigenvalue weighted by molar-refractivity contribution is 0.526. The van der Waals surface area contributed by atoms with Crippen LogP contribution in [0.15, 0.2) is 22.7 Å². The Morgan fingerprint density at radius 1 is 1.38 bits per heavy atom. The van der Waals surface area contributed by atoms with Gasteiger partial charge in [-0.05, 0) is 60.8 Å². The molecule has 0 saturated heterocycles. The van der Waals surface area contributed by atoms with Gasteiger partial charge in [0.2, 0.25) is 0 Å². The van der Waals surface area contributed by atoms with E-state index in [-0.39, 0.29) is 6.04 Å². The molecule has 0 aliphatic heterocycles. The van der Waals surface area contributed by atoms with Crippen molar-refractivity contribution in [2.45, 2.75) is 46.2 Å². The number of benzene rings is 1. The highest BCUT2D eigenvalue weighted by Gasteiger charge is 2.20. The fourth-order valence-corrected chi connectivity index (χ4v) is 3.85. The summed E-state index contributed by atoms with van der Waals surface area (Å²) in [6, 6.07) is 6.54. The second kappa shape index (κ2) is 7.23. The second-order valence-electron chi connectivity index (χ2n) is 5.34. The standard InChI is InChI=1S/C16H20BrClN2S/c1-5-14-10(4)21-16(20-14)15(19-9(2)3)11-6-7-13(18)12(17)8-11/h6-9,15,19H,5H2,1-4H3. The highest BCUT2D eigenvalue weighted by molar-refractivity contribution is 9.10. The second-order valence-corrected chi connectivity index (χ2v) is 7.83. The summed E-state index contributed by atoms with van der Waals surface area (Å²) in [5.74, 6) is 0. The molecular weight excluding hydrogens is 368 g/mol. The zero-order chi connectivity index (χ0) is 15.6. The van der Waals surface area contributed by atoms with Crippen LogP contribution in [-0.2, 0) is 6.42 Å².